The van der Waals surface area contributed by atoms with E-state index in [1.54, 1.807) is 7.05 Å². The van der Waals surface area contributed by atoms with E-state index in [9.17, 15) is 8.42 Å². The second kappa shape index (κ2) is 6.41. The monoisotopic (exact) mass is 288 g/mol. The third kappa shape index (κ3) is 3.60. The van der Waals surface area contributed by atoms with Crippen molar-refractivity contribution in [1.29, 1.82) is 0 Å². The number of likely N-dealkylation sites (N-methyl/N-ethyl adjacent to an activating group) is 1. The van der Waals surface area contributed by atoms with Crippen molar-refractivity contribution in [1.82, 2.24) is 19.8 Å². The summed E-state index contributed by atoms with van der Waals surface area (Å²) in [6.07, 6.45) is 1.30. The van der Waals surface area contributed by atoms with E-state index in [0.29, 0.717) is 13.1 Å². The van der Waals surface area contributed by atoms with E-state index in [1.165, 1.54) is 17.9 Å². The van der Waals surface area contributed by atoms with Gasteiger partial charge in [0.15, 0.2) is 5.03 Å². The Bertz CT molecular complexity index is 412. The number of aryl methyl sites for hydroxylation is 1. The fourth-order valence-electron chi connectivity index (χ4n) is 1.08. The van der Waals surface area contributed by atoms with Gasteiger partial charge in [-0.1, -0.05) is 11.6 Å². The molecule has 0 radical (unpaired) electrons. The van der Waals surface area contributed by atoms with E-state index >= 15 is 0 Å². The summed E-state index contributed by atoms with van der Waals surface area (Å²) in [5.41, 5.74) is 0. The minimum Gasteiger partial charge on any atom is -0.318 e. The maximum absolute atomic E-state index is 11.7. The Kier molecular flexibility index (Phi) is 6.27. The molecule has 0 atom stereocenters. The van der Waals surface area contributed by atoms with Crippen LogP contribution < -0.4 is 10.0 Å². The highest BCUT2D eigenvalue weighted by Gasteiger charge is 2.21. The van der Waals surface area contributed by atoms with Crippen molar-refractivity contribution in [3.05, 3.63) is 11.2 Å². The second-order valence-electron chi connectivity index (χ2n) is 2.92. The summed E-state index contributed by atoms with van der Waals surface area (Å²) < 4.78 is 27.1. The Morgan fingerprint density at radius 1 is 1.50 bits per heavy atom. The largest absolute Gasteiger partial charge is 0.318 e. The Morgan fingerprint density at radius 3 is 2.56 bits per heavy atom. The van der Waals surface area contributed by atoms with E-state index in [4.69, 9.17) is 11.6 Å². The topological polar surface area (TPSA) is 76.0 Å². The molecule has 2 N–H and O–H groups in total. The second-order valence-corrected chi connectivity index (χ2v) is 5.01. The van der Waals surface area contributed by atoms with Gasteiger partial charge in [0, 0.05) is 20.1 Å². The Morgan fingerprint density at radius 2 is 2.12 bits per heavy atom. The molecule has 6 nitrogen and oxygen atoms in total. The quantitative estimate of drug-likeness (QED) is 0.748. The minimum absolute atomic E-state index is 0. The first-order chi connectivity index (χ1) is 6.99. The van der Waals surface area contributed by atoms with Gasteiger partial charge in [-0.05, 0) is 7.05 Å². The third-order valence-corrected chi connectivity index (χ3v) is 3.73. The number of sulfonamides is 1. The maximum atomic E-state index is 11.7. The van der Waals surface area contributed by atoms with Crippen molar-refractivity contribution in [2.75, 3.05) is 20.1 Å². The Balaban J connectivity index is 0.00000225. The Hall–Kier alpha value is -0.340. The van der Waals surface area contributed by atoms with Gasteiger partial charge >= 0.3 is 0 Å². The van der Waals surface area contributed by atoms with Gasteiger partial charge in [0.05, 0.1) is 11.2 Å². The predicted molar refractivity (Wildman–Crippen MR) is 64.6 cm³/mol. The molecule has 9 heteroatoms. The first-order valence-electron chi connectivity index (χ1n) is 4.31. The average molecular weight is 289 g/mol. The molecule has 0 aliphatic rings. The van der Waals surface area contributed by atoms with Gasteiger partial charge < -0.3 is 5.32 Å². The summed E-state index contributed by atoms with van der Waals surface area (Å²) in [5, 5.41) is 6.70. The van der Waals surface area contributed by atoms with Crippen LogP contribution in [0.3, 0.4) is 0 Å². The lowest BCUT2D eigenvalue weighted by atomic mass is 10.7. The highest BCUT2D eigenvalue weighted by Crippen LogP contribution is 2.18. The van der Waals surface area contributed by atoms with Crippen LogP contribution in [0.5, 0.6) is 0 Å². The molecule has 1 aromatic heterocycles. The van der Waals surface area contributed by atoms with Gasteiger partial charge in [0.25, 0.3) is 10.0 Å². The molecule has 0 saturated heterocycles. The van der Waals surface area contributed by atoms with Gasteiger partial charge in [-0.25, -0.2) is 13.1 Å². The van der Waals surface area contributed by atoms with E-state index in [0.717, 1.165) is 0 Å². The van der Waals surface area contributed by atoms with Crippen LogP contribution in [0.4, 0.5) is 0 Å². The number of hydrogen-bond acceptors (Lipinski definition) is 4. The zero-order valence-corrected chi connectivity index (χ0v) is 11.3. The number of rotatable bonds is 5. The average Bonchev–Trinajstić information content (AvgIpc) is 2.46. The number of hydrogen-bond donors (Lipinski definition) is 2. The molecule has 1 heterocycles. The van der Waals surface area contributed by atoms with E-state index < -0.39 is 10.0 Å². The van der Waals surface area contributed by atoms with Crippen molar-refractivity contribution in [3.8, 4) is 0 Å². The fraction of sp³-hybridized carbons (Fsp3) is 0.571. The molecule has 0 spiro atoms. The van der Waals surface area contributed by atoms with Crippen molar-refractivity contribution < 1.29 is 8.42 Å². The van der Waals surface area contributed by atoms with Gasteiger partial charge in [0.2, 0.25) is 0 Å². The molecule has 0 aromatic carbocycles. The lowest BCUT2D eigenvalue weighted by Crippen LogP contribution is -2.31. The molecule has 94 valence electrons. The molecule has 0 amide bonds. The van der Waals surface area contributed by atoms with Crippen molar-refractivity contribution >= 4 is 34.0 Å². The molecule has 0 saturated carbocycles. The minimum atomic E-state index is -3.57. The number of halogens is 2. The van der Waals surface area contributed by atoms with Crippen LogP contribution in [-0.4, -0.2) is 38.3 Å². The standard InChI is InChI=1S/C7H13ClN4O2S.ClH/c1-9-3-4-11-15(13,14)7-6(8)5-10-12(7)2;/h5,9,11H,3-4H2,1-2H3;1H. The van der Waals surface area contributed by atoms with Crippen molar-refractivity contribution in [2.45, 2.75) is 5.03 Å². The van der Waals surface area contributed by atoms with Crippen LogP contribution in [0.2, 0.25) is 5.02 Å². The van der Waals surface area contributed by atoms with E-state index in [1.807, 2.05) is 0 Å². The summed E-state index contributed by atoms with van der Waals surface area (Å²) >= 11 is 5.72. The first-order valence-corrected chi connectivity index (χ1v) is 6.17. The summed E-state index contributed by atoms with van der Waals surface area (Å²) in [5.74, 6) is 0. The highest BCUT2D eigenvalue weighted by atomic mass is 35.5. The molecular weight excluding hydrogens is 275 g/mol. The summed E-state index contributed by atoms with van der Waals surface area (Å²) in [7, 11) is -0.304. The van der Waals surface area contributed by atoms with Crippen molar-refractivity contribution in [3.63, 3.8) is 0 Å². The molecule has 0 bridgehead atoms. The molecule has 1 rings (SSSR count). The SMILES string of the molecule is CNCCNS(=O)(=O)c1c(Cl)cnn1C.Cl. The van der Waals surface area contributed by atoms with Gasteiger partial charge in [0.1, 0.15) is 0 Å². The molecule has 0 aliphatic carbocycles. The number of nitrogens with zero attached hydrogens (tertiary/aromatic N) is 2. The lowest BCUT2D eigenvalue weighted by Gasteiger charge is -2.06. The predicted octanol–water partition coefficient (Wildman–Crippen LogP) is -0.00700. The molecule has 1 aromatic rings. The lowest BCUT2D eigenvalue weighted by molar-refractivity contribution is 0.561. The normalized spacial score (nSPS) is 11.2. The van der Waals surface area contributed by atoms with Crippen LogP contribution >= 0.6 is 24.0 Å². The summed E-state index contributed by atoms with van der Waals surface area (Å²) in [6.45, 7) is 0.856. The highest BCUT2D eigenvalue weighted by molar-refractivity contribution is 7.89. The molecule has 0 fully saturated rings. The number of nitrogens with one attached hydrogen (secondary N) is 2. The summed E-state index contributed by atoms with van der Waals surface area (Å²) in [4.78, 5) is 0. The van der Waals surface area contributed by atoms with Crippen LogP contribution in [0.15, 0.2) is 11.2 Å². The maximum Gasteiger partial charge on any atom is 0.259 e. The number of aromatic nitrogens is 2. The van der Waals surface area contributed by atoms with Crippen LogP contribution in [-0.2, 0) is 17.1 Å². The van der Waals surface area contributed by atoms with E-state index in [2.05, 4.69) is 15.1 Å². The summed E-state index contributed by atoms with van der Waals surface area (Å²) in [6, 6.07) is 0. The zero-order valence-electron chi connectivity index (χ0n) is 8.90. The van der Waals surface area contributed by atoms with Crippen molar-refractivity contribution in [2.24, 2.45) is 7.05 Å². The molecule has 0 aliphatic heterocycles. The van der Waals surface area contributed by atoms with Gasteiger partial charge in [-0.3, -0.25) is 4.68 Å². The molecular formula is C7H14Cl2N4O2S. The van der Waals surface area contributed by atoms with Gasteiger partial charge in [-0.2, -0.15) is 5.10 Å². The first kappa shape index (κ1) is 15.7. The zero-order chi connectivity index (χ0) is 11.5. The molecule has 0 unspecified atom stereocenters. The molecule has 16 heavy (non-hydrogen) atoms. The van der Waals surface area contributed by atoms with Crippen LogP contribution in [0.25, 0.3) is 0 Å². The van der Waals surface area contributed by atoms with Gasteiger partial charge in [-0.15, -0.1) is 12.4 Å². The van der Waals surface area contributed by atoms with Crippen LogP contribution in [0.1, 0.15) is 0 Å². The smallest absolute Gasteiger partial charge is 0.259 e. The Labute approximate surface area is 106 Å². The van der Waals surface area contributed by atoms with Crippen LogP contribution in [0, 0.1) is 0 Å². The third-order valence-electron chi connectivity index (χ3n) is 1.76. The fourth-order valence-corrected chi connectivity index (χ4v) is 2.76. The van der Waals surface area contributed by atoms with E-state index in [-0.39, 0.29) is 22.5 Å².